The minimum absolute atomic E-state index is 0.0830. The zero-order chi connectivity index (χ0) is 15.0. The van der Waals surface area contributed by atoms with E-state index in [0.29, 0.717) is 19.5 Å². The number of carboxylic acid groups (broad SMARTS) is 1. The highest BCUT2D eigenvalue weighted by Gasteiger charge is 2.41. The third kappa shape index (κ3) is 2.55. The van der Waals surface area contributed by atoms with Gasteiger partial charge in [-0.25, -0.2) is 0 Å². The number of benzene rings is 1. The van der Waals surface area contributed by atoms with Crippen molar-refractivity contribution >= 4 is 23.6 Å². The fourth-order valence-electron chi connectivity index (χ4n) is 3.19. The maximum atomic E-state index is 12.8. The molecule has 1 fully saturated rings. The molecular weight excluding hydrogens is 286 g/mol. The average molecular weight is 305 g/mol. The predicted octanol–water partition coefficient (Wildman–Crippen LogP) is 2.59. The van der Waals surface area contributed by atoms with Crippen LogP contribution in [0, 0.1) is 5.41 Å². The van der Waals surface area contributed by atoms with Crippen LogP contribution in [0.4, 0.5) is 0 Å². The summed E-state index contributed by atoms with van der Waals surface area (Å²) in [5, 5.41) is 9.38. The predicted molar refractivity (Wildman–Crippen MR) is 81.5 cm³/mol. The number of likely N-dealkylation sites (tertiary alicyclic amines) is 1. The highest BCUT2D eigenvalue weighted by atomic mass is 32.2. The second-order valence-electron chi connectivity index (χ2n) is 6.13. The molecule has 0 bridgehead atoms. The fraction of sp³-hybridized carbons (Fsp3) is 0.500. The van der Waals surface area contributed by atoms with Crippen LogP contribution in [0.2, 0.25) is 0 Å². The molecule has 2 aliphatic heterocycles. The first-order chi connectivity index (χ1) is 10.0. The summed E-state index contributed by atoms with van der Waals surface area (Å²) in [6.07, 6.45) is 1.40. The summed E-state index contributed by atoms with van der Waals surface area (Å²) < 4.78 is 0. The van der Waals surface area contributed by atoms with Crippen LogP contribution in [0.15, 0.2) is 29.2 Å². The second kappa shape index (κ2) is 5.37. The van der Waals surface area contributed by atoms with Gasteiger partial charge in [0.05, 0.1) is 11.3 Å². The fourth-order valence-corrected chi connectivity index (χ4v) is 4.41. The number of amides is 1. The van der Waals surface area contributed by atoms with Crippen LogP contribution in [0.5, 0.6) is 0 Å². The summed E-state index contributed by atoms with van der Waals surface area (Å²) in [6.45, 7) is 2.74. The van der Waals surface area contributed by atoms with E-state index in [1.165, 1.54) is 4.90 Å². The van der Waals surface area contributed by atoms with Crippen LogP contribution >= 0.6 is 11.8 Å². The van der Waals surface area contributed by atoms with Gasteiger partial charge in [-0.15, -0.1) is 11.8 Å². The van der Waals surface area contributed by atoms with Gasteiger partial charge in [0, 0.05) is 23.7 Å². The highest BCUT2D eigenvalue weighted by molar-refractivity contribution is 7.99. The van der Waals surface area contributed by atoms with Crippen molar-refractivity contribution in [2.75, 3.05) is 18.8 Å². The van der Waals surface area contributed by atoms with Crippen LogP contribution in [0.1, 0.15) is 31.2 Å². The van der Waals surface area contributed by atoms with Gasteiger partial charge < -0.3 is 10.0 Å². The number of nitrogens with zero attached hydrogens (tertiary/aromatic N) is 1. The van der Waals surface area contributed by atoms with E-state index >= 15 is 0 Å². The molecule has 112 valence electrons. The summed E-state index contributed by atoms with van der Waals surface area (Å²) in [6, 6.07) is 8.01. The molecule has 5 heteroatoms. The molecule has 1 aromatic rings. The smallest absolute Gasteiger partial charge is 0.311 e. The topological polar surface area (TPSA) is 57.6 Å². The molecule has 1 saturated heterocycles. The maximum Gasteiger partial charge on any atom is 0.311 e. The second-order valence-corrected chi connectivity index (χ2v) is 7.19. The Bertz CT molecular complexity index is 589. The summed E-state index contributed by atoms with van der Waals surface area (Å²) in [7, 11) is 0. The largest absolute Gasteiger partial charge is 0.481 e. The van der Waals surface area contributed by atoms with Gasteiger partial charge >= 0.3 is 5.97 Å². The highest BCUT2D eigenvalue weighted by Crippen LogP contribution is 2.41. The Morgan fingerprint density at radius 3 is 2.90 bits per heavy atom. The normalized spacial score (nSPS) is 28.2. The van der Waals surface area contributed by atoms with E-state index in [0.717, 1.165) is 17.7 Å². The molecule has 2 heterocycles. The van der Waals surface area contributed by atoms with Crippen LogP contribution in [-0.4, -0.2) is 40.7 Å². The van der Waals surface area contributed by atoms with Crippen LogP contribution in [-0.2, 0) is 9.59 Å². The third-order valence-electron chi connectivity index (χ3n) is 4.52. The minimum Gasteiger partial charge on any atom is -0.481 e. The standard InChI is InChI=1S/C16H19NO3S/c1-16(15(19)20)7-4-8-17(10-16)14(18)12-9-21-13-6-3-2-5-11(12)13/h2-3,5-6,12H,4,7-10H2,1H3,(H,19,20). The van der Waals surface area contributed by atoms with E-state index in [1.54, 1.807) is 23.6 Å². The Morgan fingerprint density at radius 1 is 1.38 bits per heavy atom. The van der Waals surface area contributed by atoms with Gasteiger partial charge in [0.2, 0.25) is 5.91 Å². The van der Waals surface area contributed by atoms with Crippen LogP contribution in [0.25, 0.3) is 0 Å². The zero-order valence-corrected chi connectivity index (χ0v) is 12.9. The number of carboxylic acids is 1. The quantitative estimate of drug-likeness (QED) is 0.912. The molecule has 2 atom stereocenters. The zero-order valence-electron chi connectivity index (χ0n) is 12.0. The number of piperidine rings is 1. The SMILES string of the molecule is CC1(C(=O)O)CCCN(C(=O)C2CSc3ccccc32)C1. The van der Waals surface area contributed by atoms with E-state index in [2.05, 4.69) is 0 Å². The number of aliphatic carboxylic acids is 1. The summed E-state index contributed by atoms with van der Waals surface area (Å²) in [4.78, 5) is 27.1. The van der Waals surface area contributed by atoms with Crippen molar-refractivity contribution < 1.29 is 14.7 Å². The number of rotatable bonds is 2. The molecule has 3 rings (SSSR count). The lowest BCUT2D eigenvalue weighted by Gasteiger charge is -2.38. The van der Waals surface area contributed by atoms with Crippen molar-refractivity contribution in [2.45, 2.75) is 30.6 Å². The number of hydrogen-bond donors (Lipinski definition) is 1. The monoisotopic (exact) mass is 305 g/mol. The molecule has 1 amide bonds. The van der Waals surface area contributed by atoms with Gasteiger partial charge in [0.25, 0.3) is 0 Å². The van der Waals surface area contributed by atoms with E-state index in [9.17, 15) is 14.7 Å². The lowest BCUT2D eigenvalue weighted by Crippen LogP contribution is -2.49. The van der Waals surface area contributed by atoms with Crippen LogP contribution in [0.3, 0.4) is 0 Å². The van der Waals surface area contributed by atoms with Crippen LogP contribution < -0.4 is 0 Å². The Hall–Kier alpha value is -1.49. The third-order valence-corrected chi connectivity index (χ3v) is 5.71. The molecule has 0 radical (unpaired) electrons. The molecule has 1 N–H and O–H groups in total. The Labute approximate surface area is 128 Å². The molecule has 0 saturated carbocycles. The van der Waals surface area contributed by atoms with Crippen molar-refractivity contribution in [3.05, 3.63) is 29.8 Å². The number of carbonyl (C=O) groups excluding carboxylic acids is 1. The van der Waals surface area contributed by atoms with E-state index in [1.807, 2.05) is 24.3 Å². The molecule has 2 aliphatic rings. The molecule has 2 unspecified atom stereocenters. The molecular formula is C16H19NO3S. The van der Waals surface area contributed by atoms with E-state index in [4.69, 9.17) is 0 Å². The molecule has 1 aromatic carbocycles. The number of hydrogen-bond acceptors (Lipinski definition) is 3. The molecule has 0 aliphatic carbocycles. The first-order valence-corrected chi connectivity index (χ1v) is 8.24. The lowest BCUT2D eigenvalue weighted by atomic mass is 9.81. The first kappa shape index (κ1) is 14.4. The van der Waals surface area contributed by atoms with Gasteiger partial charge in [0.15, 0.2) is 0 Å². The lowest BCUT2D eigenvalue weighted by molar-refractivity contribution is -0.153. The Morgan fingerprint density at radius 2 is 2.14 bits per heavy atom. The van der Waals surface area contributed by atoms with Gasteiger partial charge in [-0.2, -0.15) is 0 Å². The van der Waals surface area contributed by atoms with Crippen molar-refractivity contribution in [3.8, 4) is 0 Å². The van der Waals surface area contributed by atoms with E-state index < -0.39 is 11.4 Å². The van der Waals surface area contributed by atoms with Crippen molar-refractivity contribution in [1.29, 1.82) is 0 Å². The van der Waals surface area contributed by atoms with Gasteiger partial charge in [-0.05, 0) is 31.4 Å². The number of carbonyl (C=O) groups is 2. The maximum absolute atomic E-state index is 12.8. The van der Waals surface area contributed by atoms with Gasteiger partial charge in [0.1, 0.15) is 0 Å². The van der Waals surface area contributed by atoms with E-state index in [-0.39, 0.29) is 11.8 Å². The van der Waals surface area contributed by atoms with Crippen molar-refractivity contribution in [3.63, 3.8) is 0 Å². The summed E-state index contributed by atoms with van der Waals surface area (Å²) >= 11 is 1.71. The molecule has 21 heavy (non-hydrogen) atoms. The minimum atomic E-state index is -0.806. The average Bonchev–Trinajstić information content (AvgIpc) is 2.90. The first-order valence-electron chi connectivity index (χ1n) is 7.25. The molecule has 0 aromatic heterocycles. The number of thioether (sulfide) groups is 1. The Kier molecular flexibility index (Phi) is 3.69. The van der Waals surface area contributed by atoms with Crippen molar-refractivity contribution in [2.24, 2.45) is 5.41 Å². The summed E-state index contributed by atoms with van der Waals surface area (Å²) in [5.74, 6) is -0.0819. The molecule has 0 spiro atoms. The Balaban J connectivity index is 1.79. The molecule has 4 nitrogen and oxygen atoms in total. The van der Waals surface area contributed by atoms with Gasteiger partial charge in [-0.1, -0.05) is 18.2 Å². The summed E-state index contributed by atoms with van der Waals surface area (Å²) in [5.41, 5.74) is 0.286. The van der Waals surface area contributed by atoms with Crippen molar-refractivity contribution in [1.82, 2.24) is 4.90 Å². The number of fused-ring (bicyclic) bond motifs is 1. The van der Waals surface area contributed by atoms with Gasteiger partial charge in [-0.3, -0.25) is 9.59 Å².